The molecular formula is C20H21NO4. The fourth-order valence-electron chi connectivity index (χ4n) is 2.71. The Hall–Kier alpha value is -2.82. The maximum absolute atomic E-state index is 12.3. The third-order valence-electron chi connectivity index (χ3n) is 3.93. The van der Waals surface area contributed by atoms with Crippen LogP contribution in [0, 0.1) is 6.92 Å². The van der Waals surface area contributed by atoms with Crippen LogP contribution in [0.2, 0.25) is 0 Å². The minimum absolute atomic E-state index is 0.0123. The van der Waals surface area contributed by atoms with E-state index in [9.17, 15) is 9.59 Å². The lowest BCUT2D eigenvalue weighted by molar-refractivity contribution is -0.118. The molecule has 5 heteroatoms. The average molecular weight is 339 g/mol. The zero-order chi connectivity index (χ0) is 18.0. The molecule has 3 rings (SSSR count). The number of hydrogen-bond donors (Lipinski definition) is 1. The molecule has 1 aliphatic rings. The highest BCUT2D eigenvalue weighted by Gasteiger charge is 2.32. The molecule has 0 bridgehead atoms. The van der Waals surface area contributed by atoms with Gasteiger partial charge in [-0.25, -0.2) is 0 Å². The van der Waals surface area contributed by atoms with Gasteiger partial charge in [-0.15, -0.1) is 0 Å². The molecule has 1 N–H and O–H groups in total. The first-order valence-electron chi connectivity index (χ1n) is 8.18. The van der Waals surface area contributed by atoms with Gasteiger partial charge in [0.25, 0.3) is 5.91 Å². The summed E-state index contributed by atoms with van der Waals surface area (Å²) >= 11 is 0. The first-order valence-corrected chi connectivity index (χ1v) is 8.18. The standard InChI is InChI=1S/C20H21NO4/c1-13-4-7-15(8-5-13)24-12-19(23)21-14-6-9-18-16(10-14)17(22)11-20(2,3)25-18/h4-10H,11-12H2,1-3H3,(H,21,23). The SMILES string of the molecule is Cc1ccc(OCC(=O)Nc2ccc3c(c2)C(=O)CC(C)(C)O3)cc1. The lowest BCUT2D eigenvalue weighted by atomic mass is 9.93. The normalized spacial score (nSPS) is 15.1. The van der Waals surface area contributed by atoms with Gasteiger partial charge in [-0.2, -0.15) is 0 Å². The number of anilines is 1. The number of carbonyl (C=O) groups is 2. The van der Waals surface area contributed by atoms with Gasteiger partial charge in [-0.3, -0.25) is 9.59 Å². The molecule has 0 spiro atoms. The highest BCUT2D eigenvalue weighted by Crippen LogP contribution is 2.34. The van der Waals surface area contributed by atoms with Crippen LogP contribution in [0.3, 0.4) is 0 Å². The number of fused-ring (bicyclic) bond motifs is 1. The fourth-order valence-corrected chi connectivity index (χ4v) is 2.71. The first kappa shape index (κ1) is 17.0. The summed E-state index contributed by atoms with van der Waals surface area (Å²) in [6.07, 6.45) is 0.313. The van der Waals surface area contributed by atoms with Crippen LogP contribution >= 0.6 is 0 Å². The number of aryl methyl sites for hydroxylation is 1. The van der Waals surface area contributed by atoms with Crippen LogP contribution in [0.1, 0.15) is 36.2 Å². The third-order valence-corrected chi connectivity index (χ3v) is 3.93. The second kappa shape index (κ2) is 6.59. The van der Waals surface area contributed by atoms with E-state index in [1.54, 1.807) is 18.2 Å². The highest BCUT2D eigenvalue weighted by molar-refractivity contribution is 6.02. The van der Waals surface area contributed by atoms with Gasteiger partial charge in [0.2, 0.25) is 0 Å². The van der Waals surface area contributed by atoms with Crippen molar-refractivity contribution in [3.05, 3.63) is 53.6 Å². The predicted octanol–water partition coefficient (Wildman–Crippen LogP) is 3.76. The van der Waals surface area contributed by atoms with Crippen molar-refractivity contribution in [3.63, 3.8) is 0 Å². The molecule has 1 aliphatic heterocycles. The molecule has 130 valence electrons. The largest absolute Gasteiger partial charge is 0.487 e. The van der Waals surface area contributed by atoms with E-state index in [0.717, 1.165) is 5.56 Å². The second-order valence-electron chi connectivity index (χ2n) is 6.82. The van der Waals surface area contributed by atoms with Gasteiger partial charge >= 0.3 is 0 Å². The lowest BCUT2D eigenvalue weighted by Gasteiger charge is -2.31. The molecule has 0 unspecified atom stereocenters. The third kappa shape index (κ3) is 4.18. The number of rotatable bonds is 4. The van der Waals surface area contributed by atoms with Crippen molar-refractivity contribution >= 4 is 17.4 Å². The number of Topliss-reactive ketones (excluding diaryl/α,β-unsaturated/α-hetero) is 1. The number of hydrogen-bond acceptors (Lipinski definition) is 4. The van der Waals surface area contributed by atoms with E-state index in [2.05, 4.69) is 5.32 Å². The maximum atomic E-state index is 12.3. The topological polar surface area (TPSA) is 64.6 Å². The number of benzene rings is 2. The highest BCUT2D eigenvalue weighted by atomic mass is 16.5. The number of ketones is 1. The molecule has 1 amide bonds. The molecule has 0 saturated carbocycles. The minimum atomic E-state index is -0.503. The Kier molecular flexibility index (Phi) is 4.49. The van der Waals surface area contributed by atoms with Gasteiger partial charge in [0, 0.05) is 5.69 Å². The Morgan fingerprint density at radius 3 is 2.64 bits per heavy atom. The second-order valence-corrected chi connectivity index (χ2v) is 6.82. The molecule has 0 aliphatic carbocycles. The zero-order valence-electron chi connectivity index (χ0n) is 14.6. The van der Waals surface area contributed by atoms with E-state index < -0.39 is 5.60 Å². The van der Waals surface area contributed by atoms with E-state index in [4.69, 9.17) is 9.47 Å². The van der Waals surface area contributed by atoms with Crippen LogP contribution in [-0.4, -0.2) is 23.9 Å². The summed E-state index contributed by atoms with van der Waals surface area (Å²) in [6.45, 7) is 5.65. The molecule has 0 radical (unpaired) electrons. The van der Waals surface area contributed by atoms with E-state index in [1.165, 1.54) is 0 Å². The first-order chi connectivity index (χ1) is 11.8. The maximum Gasteiger partial charge on any atom is 0.262 e. The van der Waals surface area contributed by atoms with Crippen LogP contribution in [-0.2, 0) is 4.79 Å². The quantitative estimate of drug-likeness (QED) is 0.921. The van der Waals surface area contributed by atoms with Crippen molar-refractivity contribution in [2.75, 3.05) is 11.9 Å². The predicted molar refractivity (Wildman–Crippen MR) is 95.4 cm³/mol. The molecule has 0 saturated heterocycles. The van der Waals surface area contributed by atoms with Crippen molar-refractivity contribution in [3.8, 4) is 11.5 Å². The molecule has 25 heavy (non-hydrogen) atoms. The Morgan fingerprint density at radius 1 is 1.20 bits per heavy atom. The minimum Gasteiger partial charge on any atom is -0.487 e. The molecule has 0 aromatic heterocycles. The van der Waals surface area contributed by atoms with Gasteiger partial charge in [0.05, 0.1) is 12.0 Å². The van der Waals surface area contributed by atoms with Crippen LogP contribution < -0.4 is 14.8 Å². The monoisotopic (exact) mass is 339 g/mol. The van der Waals surface area contributed by atoms with Crippen LogP contribution in [0.5, 0.6) is 11.5 Å². The van der Waals surface area contributed by atoms with Gasteiger partial charge in [0.1, 0.15) is 17.1 Å². The zero-order valence-corrected chi connectivity index (χ0v) is 14.6. The smallest absolute Gasteiger partial charge is 0.262 e. The van der Waals surface area contributed by atoms with Crippen molar-refractivity contribution in [2.24, 2.45) is 0 Å². The summed E-state index contributed by atoms with van der Waals surface area (Å²) in [5, 5.41) is 2.74. The molecule has 0 fully saturated rings. The molecule has 0 atom stereocenters. The molecule has 5 nitrogen and oxygen atoms in total. The molecule has 2 aromatic rings. The lowest BCUT2D eigenvalue weighted by Crippen LogP contribution is -2.35. The summed E-state index contributed by atoms with van der Waals surface area (Å²) < 4.78 is 11.3. The van der Waals surface area contributed by atoms with E-state index in [-0.39, 0.29) is 18.3 Å². The van der Waals surface area contributed by atoms with Crippen molar-refractivity contribution in [1.82, 2.24) is 0 Å². The average Bonchev–Trinajstić information content (AvgIpc) is 2.54. The van der Waals surface area contributed by atoms with Gasteiger partial charge < -0.3 is 14.8 Å². The molecule has 1 heterocycles. The van der Waals surface area contributed by atoms with Crippen molar-refractivity contribution in [2.45, 2.75) is 32.8 Å². The Morgan fingerprint density at radius 2 is 1.92 bits per heavy atom. The van der Waals surface area contributed by atoms with Crippen LogP contribution in [0.15, 0.2) is 42.5 Å². The van der Waals surface area contributed by atoms with E-state index in [0.29, 0.717) is 29.2 Å². The summed E-state index contributed by atoms with van der Waals surface area (Å²) in [4.78, 5) is 24.3. The molecular weight excluding hydrogens is 318 g/mol. The van der Waals surface area contributed by atoms with E-state index >= 15 is 0 Å². The molecule has 2 aromatic carbocycles. The summed E-state index contributed by atoms with van der Waals surface area (Å²) in [6, 6.07) is 12.6. The Labute approximate surface area is 147 Å². The number of ether oxygens (including phenoxy) is 2. The van der Waals surface area contributed by atoms with Gasteiger partial charge in [-0.05, 0) is 51.1 Å². The summed E-state index contributed by atoms with van der Waals surface area (Å²) in [5.41, 5.74) is 1.67. The van der Waals surface area contributed by atoms with Crippen molar-refractivity contribution < 1.29 is 19.1 Å². The van der Waals surface area contributed by atoms with E-state index in [1.807, 2.05) is 45.0 Å². The Bertz CT molecular complexity index is 809. The van der Waals surface area contributed by atoms with Crippen LogP contribution in [0.4, 0.5) is 5.69 Å². The number of carbonyl (C=O) groups excluding carboxylic acids is 2. The number of nitrogens with one attached hydrogen (secondary N) is 1. The number of amides is 1. The Balaban J connectivity index is 1.63. The van der Waals surface area contributed by atoms with Crippen LogP contribution in [0.25, 0.3) is 0 Å². The summed E-state index contributed by atoms with van der Waals surface area (Å²) in [7, 11) is 0. The van der Waals surface area contributed by atoms with Gasteiger partial charge in [-0.1, -0.05) is 17.7 Å². The summed E-state index contributed by atoms with van der Waals surface area (Å²) in [5.74, 6) is 0.912. The van der Waals surface area contributed by atoms with Gasteiger partial charge in [0.15, 0.2) is 12.4 Å². The van der Waals surface area contributed by atoms with Crippen molar-refractivity contribution in [1.29, 1.82) is 0 Å². The fraction of sp³-hybridized carbons (Fsp3) is 0.300.